The van der Waals surface area contributed by atoms with Gasteiger partial charge >= 0.3 is 0 Å². The van der Waals surface area contributed by atoms with E-state index in [1.807, 2.05) is 32.9 Å². The van der Waals surface area contributed by atoms with E-state index in [-0.39, 0.29) is 14.9 Å². The lowest BCUT2D eigenvalue weighted by Gasteiger charge is -1.82. The van der Waals surface area contributed by atoms with E-state index >= 15 is 0 Å². The molecular formula is C12H26. The van der Waals surface area contributed by atoms with Gasteiger partial charge in [0.05, 0.1) is 0 Å². The van der Waals surface area contributed by atoms with Gasteiger partial charge in [-0.2, -0.15) is 0 Å². The zero-order valence-electron chi connectivity index (χ0n) is 7.52. The van der Waals surface area contributed by atoms with Gasteiger partial charge in [0.1, 0.15) is 0 Å². The molecule has 0 aliphatic carbocycles. The molecule has 0 aliphatic rings. The minimum Gasteiger partial charge on any atom is -0.0991 e. The molecule has 0 heterocycles. The Kier molecular flexibility index (Phi) is 42.1. The highest BCUT2D eigenvalue weighted by molar-refractivity contribution is 5.18. The number of allylic oxidation sites excluding steroid dienone is 5. The first kappa shape index (κ1) is 22.5. The Morgan fingerprint density at radius 1 is 1.17 bits per heavy atom. The highest BCUT2D eigenvalue weighted by Crippen LogP contribution is 1.92. The summed E-state index contributed by atoms with van der Waals surface area (Å²) in [5.74, 6) is 0. The topological polar surface area (TPSA) is 0 Å². The summed E-state index contributed by atoms with van der Waals surface area (Å²) >= 11 is 0. The zero-order valence-corrected chi connectivity index (χ0v) is 7.52. The minimum absolute atomic E-state index is 0. The molecule has 0 bridgehead atoms. The highest BCUT2D eigenvalue weighted by Gasteiger charge is 1.70. The summed E-state index contributed by atoms with van der Waals surface area (Å²) in [6, 6.07) is 0. The van der Waals surface area contributed by atoms with Crippen molar-refractivity contribution in [1.82, 2.24) is 0 Å². The van der Waals surface area contributed by atoms with Crippen molar-refractivity contribution in [2.45, 2.75) is 42.5 Å². The van der Waals surface area contributed by atoms with E-state index in [1.54, 1.807) is 6.08 Å². The van der Waals surface area contributed by atoms with Gasteiger partial charge < -0.3 is 0 Å². The van der Waals surface area contributed by atoms with Crippen LogP contribution in [0.3, 0.4) is 0 Å². The molecule has 0 aromatic carbocycles. The van der Waals surface area contributed by atoms with Gasteiger partial charge in [0, 0.05) is 0 Å². The molecule has 0 fully saturated rings. The third-order valence-corrected chi connectivity index (χ3v) is 0.951. The van der Waals surface area contributed by atoms with Crippen LogP contribution in [0.15, 0.2) is 36.5 Å². The van der Waals surface area contributed by atoms with Crippen LogP contribution in [0.25, 0.3) is 0 Å². The molecule has 0 rings (SSSR count). The average Bonchev–Trinajstić information content (AvgIpc) is 2.04. The summed E-state index contributed by atoms with van der Waals surface area (Å²) < 4.78 is 0. The van der Waals surface area contributed by atoms with Crippen molar-refractivity contribution >= 4 is 0 Å². The fourth-order valence-electron chi connectivity index (χ4n) is 0.316. The van der Waals surface area contributed by atoms with Crippen LogP contribution in [0.2, 0.25) is 0 Å². The predicted molar refractivity (Wildman–Crippen MR) is 63.6 cm³/mol. The SMILES string of the molecule is C.C.C=CC=C/C(C)=C\C.CC. The van der Waals surface area contributed by atoms with Crippen LogP contribution in [0.5, 0.6) is 0 Å². The monoisotopic (exact) mass is 170 g/mol. The molecule has 0 saturated heterocycles. The minimum atomic E-state index is 0. The van der Waals surface area contributed by atoms with Crippen LogP contribution < -0.4 is 0 Å². The summed E-state index contributed by atoms with van der Waals surface area (Å²) in [5, 5.41) is 0. The van der Waals surface area contributed by atoms with Crippen LogP contribution in [0, 0.1) is 0 Å². The van der Waals surface area contributed by atoms with Crippen LogP contribution in [-0.4, -0.2) is 0 Å². The van der Waals surface area contributed by atoms with Gasteiger partial charge in [-0.3, -0.25) is 0 Å². The standard InChI is InChI=1S/C8H12.C2H6.2CH4/c1-4-6-7-8(3)5-2;1-2;;/h4-7H,1H2,2-3H3;1-2H3;2*1H4/b7-6?,8-5-;;;. The molecular weight excluding hydrogens is 144 g/mol. The number of rotatable bonds is 2. The van der Waals surface area contributed by atoms with Crippen molar-refractivity contribution in [3.8, 4) is 0 Å². The molecule has 0 unspecified atom stereocenters. The van der Waals surface area contributed by atoms with Gasteiger partial charge in [0.25, 0.3) is 0 Å². The summed E-state index contributed by atoms with van der Waals surface area (Å²) in [6.45, 7) is 11.6. The van der Waals surface area contributed by atoms with Crippen molar-refractivity contribution in [3.63, 3.8) is 0 Å². The largest absolute Gasteiger partial charge is 0.0991 e. The van der Waals surface area contributed by atoms with Crippen LogP contribution in [0.1, 0.15) is 42.5 Å². The van der Waals surface area contributed by atoms with Gasteiger partial charge in [0.2, 0.25) is 0 Å². The Bertz CT molecular complexity index is 116. The molecule has 0 N–H and O–H groups in total. The number of hydrogen-bond acceptors (Lipinski definition) is 0. The van der Waals surface area contributed by atoms with Crippen LogP contribution in [-0.2, 0) is 0 Å². The van der Waals surface area contributed by atoms with E-state index in [0.29, 0.717) is 0 Å². The summed E-state index contributed by atoms with van der Waals surface area (Å²) in [7, 11) is 0. The van der Waals surface area contributed by atoms with Crippen molar-refractivity contribution in [2.75, 3.05) is 0 Å². The Balaban J connectivity index is -0.0000000740. The smallest absolute Gasteiger partial charge is 0.0401 e. The first-order valence-corrected chi connectivity index (χ1v) is 3.73. The van der Waals surface area contributed by atoms with E-state index in [2.05, 4.69) is 19.6 Å². The first-order valence-electron chi connectivity index (χ1n) is 3.73. The van der Waals surface area contributed by atoms with Gasteiger partial charge in [-0.1, -0.05) is 65.2 Å². The summed E-state index contributed by atoms with van der Waals surface area (Å²) in [5.41, 5.74) is 1.27. The third kappa shape index (κ3) is 22.9. The molecule has 0 spiro atoms. The molecule has 0 radical (unpaired) electrons. The molecule has 0 atom stereocenters. The Labute approximate surface area is 79.7 Å². The molecule has 12 heavy (non-hydrogen) atoms. The van der Waals surface area contributed by atoms with E-state index in [1.165, 1.54) is 5.57 Å². The Morgan fingerprint density at radius 2 is 1.58 bits per heavy atom. The quantitative estimate of drug-likeness (QED) is 0.512. The van der Waals surface area contributed by atoms with E-state index in [9.17, 15) is 0 Å². The van der Waals surface area contributed by atoms with Crippen molar-refractivity contribution in [2.24, 2.45) is 0 Å². The lowest BCUT2D eigenvalue weighted by molar-refractivity contribution is 1.48. The predicted octanol–water partition coefficient (Wildman–Crippen LogP) is 4.99. The molecule has 0 aliphatic heterocycles. The fraction of sp³-hybridized carbons (Fsp3) is 0.500. The van der Waals surface area contributed by atoms with Gasteiger partial charge in [-0.25, -0.2) is 0 Å². The van der Waals surface area contributed by atoms with E-state index in [0.717, 1.165) is 0 Å². The number of hydrogen-bond donors (Lipinski definition) is 0. The highest BCUT2D eigenvalue weighted by atomic mass is 13.8. The van der Waals surface area contributed by atoms with Gasteiger partial charge in [0.15, 0.2) is 0 Å². The molecule has 0 aromatic rings. The lowest BCUT2D eigenvalue weighted by Crippen LogP contribution is -1.60. The van der Waals surface area contributed by atoms with Crippen molar-refractivity contribution in [1.29, 1.82) is 0 Å². The first-order chi connectivity index (χ1) is 4.81. The Hall–Kier alpha value is -0.780. The maximum Gasteiger partial charge on any atom is -0.0401 e. The van der Waals surface area contributed by atoms with E-state index in [4.69, 9.17) is 0 Å². The molecule has 0 aromatic heterocycles. The second-order valence-electron chi connectivity index (χ2n) is 1.63. The summed E-state index contributed by atoms with van der Waals surface area (Å²) in [4.78, 5) is 0. The maximum absolute atomic E-state index is 3.55. The van der Waals surface area contributed by atoms with Crippen LogP contribution >= 0.6 is 0 Å². The lowest BCUT2D eigenvalue weighted by atomic mass is 10.3. The fourth-order valence-corrected chi connectivity index (χ4v) is 0.316. The van der Waals surface area contributed by atoms with Crippen molar-refractivity contribution in [3.05, 3.63) is 36.5 Å². The van der Waals surface area contributed by atoms with E-state index < -0.39 is 0 Å². The average molecular weight is 170 g/mol. The van der Waals surface area contributed by atoms with Gasteiger partial charge in [-0.05, 0) is 13.8 Å². The normalized spacial score (nSPS) is 8.83. The molecule has 0 nitrogen and oxygen atoms in total. The molecule has 0 saturated carbocycles. The van der Waals surface area contributed by atoms with Crippen LogP contribution in [0.4, 0.5) is 0 Å². The zero-order chi connectivity index (χ0) is 8.41. The molecule has 0 heteroatoms. The molecule has 0 amide bonds. The maximum atomic E-state index is 3.55. The Morgan fingerprint density at radius 3 is 1.83 bits per heavy atom. The summed E-state index contributed by atoms with van der Waals surface area (Å²) in [6.07, 6.45) is 7.77. The second kappa shape index (κ2) is 22.5. The third-order valence-electron chi connectivity index (χ3n) is 0.951. The van der Waals surface area contributed by atoms with Gasteiger partial charge in [-0.15, -0.1) is 0 Å². The molecule has 74 valence electrons. The second-order valence-corrected chi connectivity index (χ2v) is 1.63. The van der Waals surface area contributed by atoms with Crippen molar-refractivity contribution < 1.29 is 0 Å².